The molecular weight excluding hydrogens is 306 g/mol. The summed E-state index contributed by atoms with van der Waals surface area (Å²) in [5.41, 5.74) is 2.84. The molecule has 0 aliphatic carbocycles. The van der Waals surface area contributed by atoms with E-state index >= 15 is 0 Å². The number of thioether (sulfide) groups is 1. The fourth-order valence-electron chi connectivity index (χ4n) is 2.19. The van der Waals surface area contributed by atoms with Gasteiger partial charge in [-0.3, -0.25) is 0 Å². The van der Waals surface area contributed by atoms with Gasteiger partial charge in [0.15, 0.2) is 10.2 Å². The quantitative estimate of drug-likeness (QED) is 0.556. The molecule has 6 nitrogen and oxygen atoms in total. The van der Waals surface area contributed by atoms with Gasteiger partial charge in [-0.1, -0.05) is 23.1 Å². The Labute approximate surface area is 130 Å². The molecule has 0 atom stereocenters. The fourth-order valence-corrected chi connectivity index (χ4v) is 3.63. The number of ether oxygens (including phenoxy) is 1. The number of pyridine rings is 1. The molecule has 112 valence electrons. The van der Waals surface area contributed by atoms with E-state index in [1.165, 1.54) is 0 Å². The maximum Gasteiger partial charge on any atom is 0.156 e. The molecule has 3 aromatic rings. The number of hydrogen-bond donors (Lipinski definition) is 1. The van der Waals surface area contributed by atoms with Gasteiger partial charge >= 0.3 is 0 Å². The van der Waals surface area contributed by atoms with Crippen molar-refractivity contribution in [1.82, 2.24) is 19.5 Å². The maximum atomic E-state index is 5.07. The highest BCUT2D eigenvalue weighted by atomic mass is 32.2. The number of hydrogen-bond acceptors (Lipinski definition) is 7. The van der Waals surface area contributed by atoms with Crippen LogP contribution in [-0.2, 0) is 11.8 Å². The lowest BCUT2D eigenvalue weighted by atomic mass is 10.3. The SMILES string of the molecule is COCCCNc1nc2sc(SC)nc2c2c1ncn2C. The first kappa shape index (κ1) is 14.6. The Hall–Kier alpha value is -1.38. The predicted octanol–water partition coefficient (Wildman–Crippen LogP) is 2.75. The second-order valence-electron chi connectivity index (χ2n) is 4.62. The zero-order valence-electron chi connectivity index (χ0n) is 12.2. The van der Waals surface area contributed by atoms with Crippen molar-refractivity contribution in [1.29, 1.82) is 0 Å². The van der Waals surface area contributed by atoms with Crippen molar-refractivity contribution in [3.8, 4) is 0 Å². The lowest BCUT2D eigenvalue weighted by molar-refractivity contribution is 0.198. The minimum absolute atomic E-state index is 0.734. The van der Waals surface area contributed by atoms with Crippen molar-refractivity contribution in [2.24, 2.45) is 7.05 Å². The highest BCUT2D eigenvalue weighted by molar-refractivity contribution is 8.00. The molecule has 8 heteroatoms. The number of aromatic nitrogens is 4. The van der Waals surface area contributed by atoms with Crippen LogP contribution in [0.5, 0.6) is 0 Å². The van der Waals surface area contributed by atoms with Gasteiger partial charge in [0, 0.05) is 27.3 Å². The van der Waals surface area contributed by atoms with Crippen molar-refractivity contribution in [2.75, 3.05) is 31.8 Å². The van der Waals surface area contributed by atoms with Crippen LogP contribution < -0.4 is 5.32 Å². The summed E-state index contributed by atoms with van der Waals surface area (Å²) < 4.78 is 8.10. The lowest BCUT2D eigenvalue weighted by Gasteiger charge is -2.06. The third-order valence-electron chi connectivity index (χ3n) is 3.18. The number of fused-ring (bicyclic) bond motifs is 3. The topological polar surface area (TPSA) is 64.9 Å². The van der Waals surface area contributed by atoms with Crippen LogP contribution in [0.1, 0.15) is 6.42 Å². The van der Waals surface area contributed by atoms with E-state index in [0.29, 0.717) is 0 Å². The smallest absolute Gasteiger partial charge is 0.156 e. The Balaban J connectivity index is 2.05. The second-order valence-corrected chi connectivity index (χ2v) is 6.65. The van der Waals surface area contributed by atoms with Crippen molar-refractivity contribution >= 4 is 50.3 Å². The van der Waals surface area contributed by atoms with Gasteiger partial charge < -0.3 is 14.6 Å². The molecule has 21 heavy (non-hydrogen) atoms. The standard InChI is InChI=1S/C13H17N5OS2/c1-18-7-15-8-10(18)9-12(21-13(16-9)20-3)17-11(8)14-5-4-6-19-2/h7H,4-6H2,1-3H3,(H,14,17). The van der Waals surface area contributed by atoms with Crippen LogP contribution in [0.15, 0.2) is 10.7 Å². The normalized spacial score (nSPS) is 11.6. The number of thiazole rings is 1. The van der Waals surface area contributed by atoms with Gasteiger partial charge in [0.1, 0.15) is 21.4 Å². The molecule has 0 aromatic carbocycles. The Morgan fingerprint density at radius 3 is 3.00 bits per heavy atom. The van der Waals surface area contributed by atoms with Crippen molar-refractivity contribution in [3.05, 3.63) is 6.33 Å². The summed E-state index contributed by atoms with van der Waals surface area (Å²) in [6.45, 7) is 1.55. The third kappa shape index (κ3) is 2.70. The Morgan fingerprint density at radius 1 is 1.38 bits per heavy atom. The van der Waals surface area contributed by atoms with Crippen molar-refractivity contribution < 1.29 is 4.74 Å². The van der Waals surface area contributed by atoms with Gasteiger partial charge in [0.05, 0.1) is 6.33 Å². The molecule has 0 aliphatic heterocycles. The number of nitrogens with one attached hydrogen (secondary N) is 1. The predicted molar refractivity (Wildman–Crippen MR) is 88.5 cm³/mol. The van der Waals surface area contributed by atoms with Crippen LogP contribution in [0, 0.1) is 0 Å². The van der Waals surface area contributed by atoms with E-state index < -0.39 is 0 Å². The largest absolute Gasteiger partial charge is 0.385 e. The van der Waals surface area contributed by atoms with Crippen LogP contribution in [0.3, 0.4) is 0 Å². The summed E-state index contributed by atoms with van der Waals surface area (Å²) in [4.78, 5) is 14.8. The van der Waals surface area contributed by atoms with Gasteiger partial charge in [0.2, 0.25) is 0 Å². The molecule has 0 aliphatic rings. The first-order chi connectivity index (χ1) is 10.2. The molecule has 0 saturated carbocycles. The van der Waals surface area contributed by atoms with Crippen LogP contribution in [0.25, 0.3) is 21.4 Å². The van der Waals surface area contributed by atoms with Crippen molar-refractivity contribution in [2.45, 2.75) is 10.8 Å². The average molecular weight is 323 g/mol. The molecule has 0 bridgehead atoms. The van der Waals surface area contributed by atoms with Gasteiger partial charge in [0.25, 0.3) is 0 Å². The van der Waals surface area contributed by atoms with Gasteiger partial charge in [-0.2, -0.15) is 0 Å². The Kier molecular flexibility index (Phi) is 4.27. The number of nitrogens with zero attached hydrogens (tertiary/aromatic N) is 4. The molecule has 0 fully saturated rings. The number of imidazole rings is 1. The molecular formula is C13H17N5OS2. The van der Waals surface area contributed by atoms with E-state index in [0.717, 1.165) is 51.1 Å². The monoisotopic (exact) mass is 323 g/mol. The molecule has 0 radical (unpaired) electrons. The molecule has 0 spiro atoms. The van der Waals surface area contributed by atoms with Crippen LogP contribution in [0.2, 0.25) is 0 Å². The summed E-state index contributed by atoms with van der Waals surface area (Å²) in [5.74, 6) is 0.825. The van der Waals surface area contributed by atoms with Crippen molar-refractivity contribution in [3.63, 3.8) is 0 Å². The van der Waals surface area contributed by atoms with Crippen LogP contribution in [-0.4, -0.2) is 46.0 Å². The molecule has 0 unspecified atom stereocenters. The van der Waals surface area contributed by atoms with Gasteiger partial charge in [-0.25, -0.2) is 15.0 Å². The molecule has 1 N–H and O–H groups in total. The summed E-state index contributed by atoms with van der Waals surface area (Å²) in [6, 6.07) is 0. The first-order valence-electron chi connectivity index (χ1n) is 6.63. The first-order valence-corrected chi connectivity index (χ1v) is 8.67. The summed E-state index contributed by atoms with van der Waals surface area (Å²) >= 11 is 3.26. The number of aryl methyl sites for hydroxylation is 1. The molecule has 0 amide bonds. The molecule has 3 rings (SSSR count). The Morgan fingerprint density at radius 2 is 2.24 bits per heavy atom. The van der Waals surface area contributed by atoms with Gasteiger partial charge in [-0.15, -0.1) is 0 Å². The number of methoxy groups -OCH3 is 1. The highest BCUT2D eigenvalue weighted by Crippen LogP contribution is 2.33. The van der Waals surface area contributed by atoms with E-state index in [1.807, 2.05) is 24.2 Å². The fraction of sp³-hybridized carbons (Fsp3) is 0.462. The molecule has 3 aromatic heterocycles. The summed E-state index contributed by atoms with van der Waals surface area (Å²) in [6.07, 6.45) is 4.77. The van der Waals surface area contributed by atoms with E-state index in [1.54, 1.807) is 30.2 Å². The zero-order valence-corrected chi connectivity index (χ0v) is 13.8. The molecule has 0 saturated heterocycles. The molecule has 3 heterocycles. The number of rotatable bonds is 6. The maximum absolute atomic E-state index is 5.07. The van der Waals surface area contributed by atoms with Gasteiger partial charge in [-0.05, 0) is 12.7 Å². The van der Waals surface area contributed by atoms with Crippen LogP contribution >= 0.6 is 23.1 Å². The third-order valence-corrected chi connectivity index (χ3v) is 5.12. The van der Waals surface area contributed by atoms with E-state index in [-0.39, 0.29) is 0 Å². The van der Waals surface area contributed by atoms with E-state index in [2.05, 4.69) is 15.3 Å². The highest BCUT2D eigenvalue weighted by Gasteiger charge is 2.16. The van der Waals surface area contributed by atoms with E-state index in [9.17, 15) is 0 Å². The average Bonchev–Trinajstić information content (AvgIpc) is 3.06. The second kappa shape index (κ2) is 6.17. The minimum atomic E-state index is 0.734. The zero-order chi connectivity index (χ0) is 14.8. The Bertz CT molecular complexity index is 767. The minimum Gasteiger partial charge on any atom is -0.385 e. The summed E-state index contributed by atoms with van der Waals surface area (Å²) in [7, 11) is 3.70. The number of anilines is 1. The van der Waals surface area contributed by atoms with Crippen LogP contribution in [0.4, 0.5) is 5.82 Å². The van der Waals surface area contributed by atoms with E-state index in [4.69, 9.17) is 9.72 Å². The summed E-state index contributed by atoms with van der Waals surface area (Å²) in [5, 5.41) is 3.36. The lowest BCUT2D eigenvalue weighted by Crippen LogP contribution is -2.06.